The molecule has 2 aromatic rings. The first-order chi connectivity index (χ1) is 22.7. The fourth-order valence-electron chi connectivity index (χ4n) is 5.37. The van der Waals surface area contributed by atoms with Gasteiger partial charge in [-0.25, -0.2) is 4.79 Å². The number of hydrogen-bond acceptors (Lipinski definition) is 10. The zero-order valence-electron chi connectivity index (χ0n) is 30.2. The number of hydrogen-bond donors (Lipinski definition) is 1. The number of aryl methyl sites for hydroxylation is 1. The molecule has 268 valence electrons. The van der Waals surface area contributed by atoms with Crippen LogP contribution in [0.15, 0.2) is 48.6 Å². The van der Waals surface area contributed by atoms with E-state index in [4.69, 9.17) is 37.9 Å². The molecule has 3 rings (SSSR count). The van der Waals surface area contributed by atoms with Gasteiger partial charge >= 0.3 is 5.97 Å². The minimum atomic E-state index is -1.40. The van der Waals surface area contributed by atoms with Gasteiger partial charge < -0.3 is 43.0 Å². The second kappa shape index (κ2) is 18.7. The van der Waals surface area contributed by atoms with Crippen molar-refractivity contribution in [3.05, 3.63) is 65.2 Å². The van der Waals surface area contributed by atoms with Gasteiger partial charge in [0.25, 0.3) is 0 Å². The van der Waals surface area contributed by atoms with Gasteiger partial charge in [0, 0.05) is 21.3 Å². The second-order valence-corrected chi connectivity index (χ2v) is 19.4. The Hall–Kier alpha value is -2.93. The van der Waals surface area contributed by atoms with Crippen LogP contribution >= 0.6 is 0 Å². The van der Waals surface area contributed by atoms with Crippen LogP contribution in [0.1, 0.15) is 61.5 Å². The van der Waals surface area contributed by atoms with E-state index >= 15 is 0 Å². The van der Waals surface area contributed by atoms with E-state index in [1.165, 1.54) is 7.11 Å². The molecular weight excluding hydrogens is 632 g/mol. The summed E-state index contributed by atoms with van der Waals surface area (Å²) in [6, 6.07) is 12.2. The molecule has 1 heterocycles. The number of rotatable bonds is 20. The fourth-order valence-corrected chi connectivity index (χ4v) is 6.08. The highest BCUT2D eigenvalue weighted by Crippen LogP contribution is 2.35. The van der Waals surface area contributed by atoms with Crippen LogP contribution in [0, 0.1) is 0 Å². The van der Waals surface area contributed by atoms with E-state index in [2.05, 4.69) is 19.6 Å². The van der Waals surface area contributed by atoms with Crippen LogP contribution in [0.4, 0.5) is 0 Å². The van der Waals surface area contributed by atoms with Gasteiger partial charge in [0.05, 0.1) is 39.6 Å². The Morgan fingerprint density at radius 2 is 1.75 bits per heavy atom. The Bertz CT molecular complexity index is 1300. The lowest BCUT2D eigenvalue weighted by molar-refractivity contribution is -0.152. The van der Waals surface area contributed by atoms with E-state index in [1.54, 1.807) is 26.4 Å². The highest BCUT2D eigenvalue weighted by Gasteiger charge is 2.43. The Morgan fingerprint density at radius 3 is 2.40 bits per heavy atom. The third-order valence-corrected chi connectivity index (χ3v) is 9.71. The molecule has 0 aromatic heterocycles. The normalized spacial score (nSPS) is 18.9. The van der Waals surface area contributed by atoms with Gasteiger partial charge in [-0.05, 0) is 81.8 Å². The molecule has 2 unspecified atom stereocenters. The maximum absolute atomic E-state index is 13.4. The fraction of sp³-hybridized carbons (Fsp3) is 0.595. The topological polar surface area (TPSA) is 111 Å². The molecule has 0 saturated carbocycles. The Balaban J connectivity index is 1.64. The van der Waals surface area contributed by atoms with Gasteiger partial charge in [0.15, 0.2) is 12.6 Å². The summed E-state index contributed by atoms with van der Waals surface area (Å²) in [5.74, 6) is 0.451. The van der Waals surface area contributed by atoms with Crippen molar-refractivity contribution in [1.82, 2.24) is 0 Å². The molecule has 0 radical (unpaired) electrons. The standard InChI is InChI=1S/C37H56O10Si/c1-26(44-24-27-16-18-29(41-5)19-17-27)12-10-14-31(38)35-32(46-37(2,3)47-35)15-11-13-28-22-30(42-6)23-33(45-25-40-4)34(28)36(39)43-20-21-48(7,8)9/h10,14,16-19,22-23,26,31-32,35,38H,11-13,15,20-21,24-25H2,1-9H3/b14-10-/t26-,31?,32-,35?/m0/s1. The van der Waals surface area contributed by atoms with Crippen LogP contribution in [0.5, 0.6) is 17.2 Å². The lowest BCUT2D eigenvalue weighted by atomic mass is 9.96. The molecule has 1 saturated heterocycles. The molecule has 0 amide bonds. The van der Waals surface area contributed by atoms with Crippen molar-refractivity contribution in [2.75, 3.05) is 34.7 Å². The minimum absolute atomic E-state index is 0.0230. The van der Waals surface area contributed by atoms with Crippen LogP contribution in [-0.4, -0.2) is 84.1 Å². The number of carbonyl (C=O) groups excluding carboxylic acids is 1. The molecule has 1 aliphatic heterocycles. The van der Waals surface area contributed by atoms with Gasteiger partial charge in [0.2, 0.25) is 0 Å². The van der Waals surface area contributed by atoms with Crippen molar-refractivity contribution in [1.29, 1.82) is 0 Å². The van der Waals surface area contributed by atoms with Gasteiger partial charge in [-0.15, -0.1) is 0 Å². The van der Waals surface area contributed by atoms with Gasteiger partial charge in [-0.1, -0.05) is 43.9 Å². The molecule has 48 heavy (non-hydrogen) atoms. The van der Waals surface area contributed by atoms with Gasteiger partial charge in [0.1, 0.15) is 35.0 Å². The number of methoxy groups -OCH3 is 3. The molecule has 0 spiro atoms. The Labute approximate surface area is 287 Å². The molecule has 1 N–H and O–H groups in total. The number of benzene rings is 2. The first kappa shape index (κ1) is 39.5. The zero-order chi connectivity index (χ0) is 35.3. The first-order valence-corrected chi connectivity index (χ1v) is 20.4. The molecule has 4 atom stereocenters. The molecule has 2 aromatic carbocycles. The van der Waals surface area contributed by atoms with Gasteiger partial charge in [-0.3, -0.25) is 0 Å². The summed E-state index contributed by atoms with van der Waals surface area (Å²) in [7, 11) is 3.35. The summed E-state index contributed by atoms with van der Waals surface area (Å²) in [6.07, 6.45) is 4.27. The van der Waals surface area contributed by atoms with E-state index in [0.29, 0.717) is 56.0 Å². The van der Waals surface area contributed by atoms with Crippen LogP contribution in [0.3, 0.4) is 0 Å². The SMILES string of the molecule is COCOc1cc(OC)cc(CCC[C@@H]2OC(C)(C)OC2C(O)/C=C\C[C@H](C)OCc2ccc(OC)cc2)c1C(=O)OCC[Si](C)(C)C. The molecule has 10 nitrogen and oxygen atoms in total. The zero-order valence-corrected chi connectivity index (χ0v) is 31.2. The molecular formula is C37H56O10Si. The summed E-state index contributed by atoms with van der Waals surface area (Å²) in [6.45, 7) is 13.2. The number of carbonyl (C=O) groups is 1. The molecule has 0 bridgehead atoms. The average Bonchev–Trinajstić information content (AvgIpc) is 3.35. The summed E-state index contributed by atoms with van der Waals surface area (Å²) in [4.78, 5) is 13.4. The minimum Gasteiger partial charge on any atom is -0.497 e. The highest BCUT2D eigenvalue weighted by atomic mass is 28.3. The molecule has 1 aliphatic rings. The van der Waals surface area contributed by atoms with Crippen LogP contribution in [0.25, 0.3) is 0 Å². The molecule has 11 heteroatoms. The first-order valence-electron chi connectivity index (χ1n) is 16.7. The largest absolute Gasteiger partial charge is 0.497 e. The highest BCUT2D eigenvalue weighted by molar-refractivity contribution is 6.76. The van der Waals surface area contributed by atoms with Crippen LogP contribution in [-0.2, 0) is 36.7 Å². The van der Waals surface area contributed by atoms with Crippen molar-refractivity contribution in [2.24, 2.45) is 0 Å². The summed E-state index contributed by atoms with van der Waals surface area (Å²) in [5.41, 5.74) is 2.18. The Kier molecular flexibility index (Phi) is 15.4. The summed E-state index contributed by atoms with van der Waals surface area (Å²) < 4.78 is 45.8. The number of ether oxygens (including phenoxy) is 8. The monoisotopic (exact) mass is 688 g/mol. The predicted octanol–water partition coefficient (Wildman–Crippen LogP) is 6.94. The summed E-state index contributed by atoms with van der Waals surface area (Å²) in [5, 5.41) is 11.1. The van der Waals surface area contributed by atoms with E-state index < -0.39 is 32.0 Å². The van der Waals surface area contributed by atoms with E-state index in [-0.39, 0.29) is 19.0 Å². The number of aliphatic hydroxyl groups is 1. The van der Waals surface area contributed by atoms with Crippen molar-refractivity contribution in [2.45, 2.75) is 109 Å². The van der Waals surface area contributed by atoms with E-state index in [0.717, 1.165) is 22.9 Å². The maximum Gasteiger partial charge on any atom is 0.342 e. The van der Waals surface area contributed by atoms with E-state index in [9.17, 15) is 9.90 Å². The number of aliphatic hydroxyl groups excluding tert-OH is 1. The quantitative estimate of drug-likeness (QED) is 0.0680. The lowest BCUT2D eigenvalue weighted by Gasteiger charge is -2.21. The smallest absolute Gasteiger partial charge is 0.342 e. The van der Waals surface area contributed by atoms with Crippen molar-refractivity contribution in [3.8, 4) is 17.2 Å². The van der Waals surface area contributed by atoms with Crippen molar-refractivity contribution >= 4 is 14.0 Å². The maximum atomic E-state index is 13.4. The third kappa shape index (κ3) is 12.8. The molecule has 1 fully saturated rings. The summed E-state index contributed by atoms with van der Waals surface area (Å²) >= 11 is 0. The predicted molar refractivity (Wildman–Crippen MR) is 188 cm³/mol. The third-order valence-electron chi connectivity index (χ3n) is 8.00. The van der Waals surface area contributed by atoms with Crippen molar-refractivity contribution in [3.63, 3.8) is 0 Å². The van der Waals surface area contributed by atoms with Crippen LogP contribution in [0.2, 0.25) is 25.7 Å². The van der Waals surface area contributed by atoms with Crippen LogP contribution < -0.4 is 14.2 Å². The lowest BCUT2D eigenvalue weighted by Crippen LogP contribution is -2.34. The molecule has 0 aliphatic carbocycles. The van der Waals surface area contributed by atoms with Gasteiger partial charge in [-0.2, -0.15) is 0 Å². The van der Waals surface area contributed by atoms with E-state index in [1.807, 2.05) is 57.2 Å². The Morgan fingerprint density at radius 1 is 1.04 bits per heavy atom. The van der Waals surface area contributed by atoms with Crippen molar-refractivity contribution < 1.29 is 47.8 Å². The average molecular weight is 689 g/mol. The second-order valence-electron chi connectivity index (χ2n) is 13.8. The number of esters is 1.